The molecule has 3 rings (SSSR count). The average Bonchev–Trinajstić information content (AvgIpc) is 2.76. The van der Waals surface area contributed by atoms with Crippen LogP contribution in [0.4, 0.5) is 0 Å². The lowest BCUT2D eigenvalue weighted by molar-refractivity contribution is 1.09. The molecule has 146 valence electrons. The molecule has 0 unspecified atom stereocenters. The van der Waals surface area contributed by atoms with Crippen LogP contribution >= 0.6 is 11.8 Å². The van der Waals surface area contributed by atoms with Crippen LogP contribution in [0.3, 0.4) is 0 Å². The number of terminal acetylenes is 1. The van der Waals surface area contributed by atoms with E-state index >= 15 is 0 Å². The summed E-state index contributed by atoms with van der Waals surface area (Å²) in [4.78, 5) is 4.67. The highest BCUT2D eigenvalue weighted by Gasteiger charge is 2.10. The Bertz CT molecular complexity index is 1160. The van der Waals surface area contributed by atoms with E-state index in [0.29, 0.717) is 16.3 Å². The van der Waals surface area contributed by atoms with Crippen LogP contribution in [0.5, 0.6) is 0 Å². The Hall–Kier alpha value is -3.53. The monoisotopic (exact) mass is 406 g/mol. The summed E-state index contributed by atoms with van der Waals surface area (Å²) in [6, 6.07) is 20.8. The zero-order valence-electron chi connectivity index (χ0n) is 17.1. The molecule has 0 spiro atoms. The SMILES string of the molecule is C#CCSc1nc(C=Cc2ccc(C)cc2)cc(C=Cc2ccc(C)cc2)c1C#N. The Morgan fingerprint density at radius 1 is 0.900 bits per heavy atom. The number of rotatable bonds is 6. The molecule has 0 saturated heterocycles. The van der Waals surface area contributed by atoms with E-state index in [1.54, 1.807) is 0 Å². The first-order valence-electron chi connectivity index (χ1n) is 9.60. The van der Waals surface area contributed by atoms with Gasteiger partial charge in [0.1, 0.15) is 11.1 Å². The van der Waals surface area contributed by atoms with Crippen molar-refractivity contribution in [2.45, 2.75) is 18.9 Å². The fourth-order valence-electron chi connectivity index (χ4n) is 2.83. The van der Waals surface area contributed by atoms with Crippen molar-refractivity contribution in [2.75, 3.05) is 5.75 Å². The summed E-state index contributed by atoms with van der Waals surface area (Å²) in [7, 11) is 0. The minimum Gasteiger partial charge on any atom is -0.241 e. The van der Waals surface area contributed by atoms with E-state index in [1.807, 2.05) is 30.4 Å². The molecule has 0 aliphatic carbocycles. The molecule has 0 radical (unpaired) electrons. The number of hydrogen-bond acceptors (Lipinski definition) is 3. The van der Waals surface area contributed by atoms with E-state index < -0.39 is 0 Å². The fraction of sp³-hybridized carbons (Fsp3) is 0.111. The highest BCUT2D eigenvalue weighted by atomic mass is 32.2. The van der Waals surface area contributed by atoms with Crippen LogP contribution in [0.25, 0.3) is 24.3 Å². The number of aromatic nitrogens is 1. The molecule has 0 atom stereocenters. The second-order valence-electron chi connectivity index (χ2n) is 6.91. The molecule has 2 nitrogen and oxygen atoms in total. The van der Waals surface area contributed by atoms with Gasteiger partial charge in [-0.3, -0.25) is 0 Å². The summed E-state index contributed by atoms with van der Waals surface area (Å²) >= 11 is 1.41. The second kappa shape index (κ2) is 10.3. The Morgan fingerprint density at radius 2 is 1.47 bits per heavy atom. The fourth-order valence-corrected chi connectivity index (χ4v) is 3.52. The Morgan fingerprint density at radius 3 is 2.00 bits per heavy atom. The van der Waals surface area contributed by atoms with Crippen LogP contribution in [-0.4, -0.2) is 10.7 Å². The zero-order chi connectivity index (χ0) is 21.3. The standard InChI is InChI=1S/C27H22N2S/c1-4-17-30-27-26(19-28)24(15-13-22-9-5-20(2)6-10-22)18-25(29-27)16-14-23-11-7-21(3)8-12-23/h1,5-16,18H,17H2,2-3H3. The van der Waals surface area contributed by atoms with Crippen LogP contribution in [-0.2, 0) is 0 Å². The maximum absolute atomic E-state index is 9.75. The summed E-state index contributed by atoms with van der Waals surface area (Å²) in [5.74, 6) is 3.08. The summed E-state index contributed by atoms with van der Waals surface area (Å²) in [5, 5.41) is 10.4. The first kappa shape index (κ1) is 21.2. The molecule has 0 amide bonds. The molecule has 1 aromatic heterocycles. The minimum absolute atomic E-state index is 0.466. The van der Waals surface area contributed by atoms with Crippen LogP contribution < -0.4 is 0 Å². The molecule has 0 saturated carbocycles. The predicted molar refractivity (Wildman–Crippen MR) is 129 cm³/mol. The lowest BCUT2D eigenvalue weighted by atomic mass is 10.1. The first-order chi connectivity index (χ1) is 14.6. The number of hydrogen-bond donors (Lipinski definition) is 0. The normalized spacial score (nSPS) is 10.9. The van der Waals surface area contributed by atoms with Gasteiger partial charge < -0.3 is 0 Å². The molecule has 0 N–H and O–H groups in total. The van der Waals surface area contributed by atoms with Gasteiger partial charge in [0.2, 0.25) is 0 Å². The van der Waals surface area contributed by atoms with Gasteiger partial charge in [0, 0.05) is 0 Å². The van der Waals surface area contributed by atoms with E-state index in [2.05, 4.69) is 79.4 Å². The molecule has 0 aliphatic heterocycles. The first-order valence-corrected chi connectivity index (χ1v) is 10.6. The van der Waals surface area contributed by atoms with Crippen molar-refractivity contribution in [3.05, 3.63) is 93.7 Å². The van der Waals surface area contributed by atoms with Gasteiger partial charge in [-0.25, -0.2) is 4.98 Å². The van der Waals surface area contributed by atoms with Crippen molar-refractivity contribution in [3.8, 4) is 18.4 Å². The Labute approximate surface area is 183 Å². The molecular weight excluding hydrogens is 384 g/mol. The van der Waals surface area contributed by atoms with Crippen molar-refractivity contribution >= 4 is 36.1 Å². The maximum Gasteiger partial charge on any atom is 0.116 e. The topological polar surface area (TPSA) is 36.7 Å². The number of benzene rings is 2. The third kappa shape index (κ3) is 5.74. The van der Waals surface area contributed by atoms with Crippen LogP contribution in [0.2, 0.25) is 0 Å². The van der Waals surface area contributed by atoms with Crippen LogP contribution in [0, 0.1) is 37.5 Å². The van der Waals surface area contributed by atoms with Gasteiger partial charge in [-0.2, -0.15) is 5.26 Å². The van der Waals surface area contributed by atoms with Gasteiger partial charge in [-0.1, -0.05) is 95.6 Å². The van der Waals surface area contributed by atoms with E-state index in [4.69, 9.17) is 6.42 Å². The van der Waals surface area contributed by atoms with Crippen molar-refractivity contribution in [2.24, 2.45) is 0 Å². The van der Waals surface area contributed by atoms with E-state index in [-0.39, 0.29) is 0 Å². The van der Waals surface area contributed by atoms with Gasteiger partial charge >= 0.3 is 0 Å². The summed E-state index contributed by atoms with van der Waals surface area (Å²) in [6.45, 7) is 4.13. The molecule has 0 fully saturated rings. The highest BCUT2D eigenvalue weighted by Crippen LogP contribution is 2.26. The average molecular weight is 407 g/mol. The number of pyridine rings is 1. The van der Waals surface area contributed by atoms with Gasteiger partial charge in [0.15, 0.2) is 0 Å². The predicted octanol–water partition coefficient (Wildman–Crippen LogP) is 6.64. The maximum atomic E-state index is 9.75. The molecule has 3 heteroatoms. The molecule has 0 bridgehead atoms. The largest absolute Gasteiger partial charge is 0.241 e. The van der Waals surface area contributed by atoms with E-state index in [0.717, 1.165) is 22.4 Å². The molecule has 2 aromatic carbocycles. The minimum atomic E-state index is 0.466. The van der Waals surface area contributed by atoms with Crippen LogP contribution in [0.15, 0.2) is 59.6 Å². The summed E-state index contributed by atoms with van der Waals surface area (Å²) in [6.07, 6.45) is 13.4. The smallest absolute Gasteiger partial charge is 0.116 e. The summed E-state index contributed by atoms with van der Waals surface area (Å²) < 4.78 is 0. The van der Waals surface area contributed by atoms with Gasteiger partial charge in [-0.15, -0.1) is 6.42 Å². The van der Waals surface area contributed by atoms with Crippen molar-refractivity contribution < 1.29 is 0 Å². The van der Waals surface area contributed by atoms with Gasteiger partial charge in [-0.05, 0) is 42.7 Å². The number of nitrogens with zero attached hydrogens (tertiary/aromatic N) is 2. The van der Waals surface area contributed by atoms with Crippen molar-refractivity contribution in [1.82, 2.24) is 4.98 Å². The van der Waals surface area contributed by atoms with E-state index in [9.17, 15) is 5.26 Å². The molecule has 30 heavy (non-hydrogen) atoms. The highest BCUT2D eigenvalue weighted by molar-refractivity contribution is 7.99. The quantitative estimate of drug-likeness (QED) is 0.340. The number of thioether (sulfide) groups is 1. The van der Waals surface area contributed by atoms with E-state index in [1.165, 1.54) is 22.9 Å². The molecule has 0 aliphatic rings. The molecule has 3 aromatic rings. The van der Waals surface area contributed by atoms with Crippen LogP contribution in [0.1, 0.15) is 39.1 Å². The third-order valence-corrected chi connectivity index (χ3v) is 5.38. The lowest BCUT2D eigenvalue weighted by Crippen LogP contribution is -1.95. The molecular formula is C27H22N2S. The Balaban J connectivity index is 1.99. The Kier molecular flexibility index (Phi) is 7.28. The zero-order valence-corrected chi connectivity index (χ0v) is 17.9. The molecule has 1 heterocycles. The number of nitriles is 1. The lowest BCUT2D eigenvalue weighted by Gasteiger charge is -2.07. The number of aryl methyl sites for hydroxylation is 2. The second-order valence-corrected chi connectivity index (χ2v) is 7.87. The summed E-state index contributed by atoms with van der Waals surface area (Å²) in [5.41, 5.74) is 6.78. The van der Waals surface area contributed by atoms with Gasteiger partial charge in [0.25, 0.3) is 0 Å². The van der Waals surface area contributed by atoms with Crippen molar-refractivity contribution in [3.63, 3.8) is 0 Å². The van der Waals surface area contributed by atoms with Gasteiger partial charge in [0.05, 0.1) is 17.0 Å². The van der Waals surface area contributed by atoms with Crippen molar-refractivity contribution in [1.29, 1.82) is 5.26 Å². The third-order valence-electron chi connectivity index (χ3n) is 4.50.